The fourth-order valence-corrected chi connectivity index (χ4v) is 2.01. The van der Waals surface area contributed by atoms with Gasteiger partial charge in [0.1, 0.15) is 11.3 Å². The predicted molar refractivity (Wildman–Crippen MR) is 75.9 cm³/mol. The second-order valence-electron chi connectivity index (χ2n) is 4.71. The van der Waals surface area contributed by atoms with Gasteiger partial charge in [-0.15, -0.1) is 5.10 Å². The van der Waals surface area contributed by atoms with Gasteiger partial charge in [-0.25, -0.2) is 0 Å². The van der Waals surface area contributed by atoms with Crippen LogP contribution in [0.5, 0.6) is 5.75 Å². The van der Waals surface area contributed by atoms with Gasteiger partial charge in [-0.3, -0.25) is 4.79 Å². The maximum absolute atomic E-state index is 12.6. The average Bonchev–Trinajstić information content (AvgIpc) is 2.54. The zero-order chi connectivity index (χ0) is 16.4. The first kappa shape index (κ1) is 15.0. The second kappa shape index (κ2) is 5.71. The summed E-state index contributed by atoms with van der Waals surface area (Å²) >= 11 is 0. The standard InChI is InChI=1S/C15H10F3N3O2/c16-15(17,18)10-4-3-5-11(8-10)23-9-21-14(22)12-6-1-2-7-13(12)19-20-21/h1-8H,9H2. The molecule has 3 rings (SSSR count). The van der Waals surface area contributed by atoms with Crippen molar-refractivity contribution in [3.63, 3.8) is 0 Å². The minimum Gasteiger partial charge on any atom is -0.471 e. The minimum atomic E-state index is -4.46. The molecule has 1 heterocycles. The van der Waals surface area contributed by atoms with Crippen molar-refractivity contribution in [2.24, 2.45) is 0 Å². The van der Waals surface area contributed by atoms with E-state index in [2.05, 4.69) is 10.3 Å². The number of aromatic nitrogens is 3. The first-order valence-electron chi connectivity index (χ1n) is 6.58. The molecule has 0 amide bonds. The Labute approximate surface area is 127 Å². The lowest BCUT2D eigenvalue weighted by Crippen LogP contribution is -2.26. The van der Waals surface area contributed by atoms with Crippen molar-refractivity contribution in [3.8, 4) is 5.75 Å². The lowest BCUT2D eigenvalue weighted by atomic mass is 10.2. The lowest BCUT2D eigenvalue weighted by molar-refractivity contribution is -0.137. The summed E-state index contributed by atoms with van der Waals surface area (Å²) in [5.41, 5.74) is -0.817. The molecule has 0 aliphatic carbocycles. The molecule has 118 valence electrons. The van der Waals surface area contributed by atoms with E-state index in [1.54, 1.807) is 24.3 Å². The van der Waals surface area contributed by atoms with E-state index >= 15 is 0 Å². The molecule has 0 unspecified atom stereocenters. The number of halogens is 3. The molecule has 0 bridgehead atoms. The van der Waals surface area contributed by atoms with Crippen LogP contribution < -0.4 is 10.3 Å². The molecule has 2 aromatic carbocycles. The summed E-state index contributed by atoms with van der Waals surface area (Å²) in [6.45, 7) is -0.335. The van der Waals surface area contributed by atoms with Crippen molar-refractivity contribution in [1.29, 1.82) is 0 Å². The van der Waals surface area contributed by atoms with Crippen molar-refractivity contribution < 1.29 is 17.9 Å². The normalized spacial score (nSPS) is 11.6. The molecule has 0 saturated carbocycles. The van der Waals surface area contributed by atoms with E-state index in [0.29, 0.717) is 10.9 Å². The van der Waals surface area contributed by atoms with Gasteiger partial charge >= 0.3 is 6.18 Å². The molecular weight excluding hydrogens is 311 g/mol. The van der Waals surface area contributed by atoms with Crippen LogP contribution in [0.25, 0.3) is 10.9 Å². The zero-order valence-corrected chi connectivity index (χ0v) is 11.6. The van der Waals surface area contributed by atoms with E-state index in [-0.39, 0.29) is 12.5 Å². The smallest absolute Gasteiger partial charge is 0.416 e. The van der Waals surface area contributed by atoms with Gasteiger partial charge in [-0.05, 0) is 30.3 Å². The van der Waals surface area contributed by atoms with Gasteiger partial charge in [-0.2, -0.15) is 17.9 Å². The molecule has 0 aliphatic rings. The Hall–Kier alpha value is -2.90. The number of hydrogen-bond acceptors (Lipinski definition) is 4. The predicted octanol–water partition coefficient (Wildman–Crippen LogP) is 2.85. The van der Waals surface area contributed by atoms with Crippen LogP contribution >= 0.6 is 0 Å². The number of ether oxygens (including phenoxy) is 1. The summed E-state index contributed by atoms with van der Waals surface area (Å²) in [4.78, 5) is 12.2. The molecule has 0 spiro atoms. The van der Waals surface area contributed by atoms with Crippen molar-refractivity contribution in [1.82, 2.24) is 15.0 Å². The first-order valence-corrected chi connectivity index (χ1v) is 6.58. The summed E-state index contributed by atoms with van der Waals surface area (Å²) in [7, 11) is 0. The van der Waals surface area contributed by atoms with Gasteiger partial charge in [-0.1, -0.05) is 23.4 Å². The third-order valence-corrected chi connectivity index (χ3v) is 3.14. The molecule has 0 atom stereocenters. The molecule has 5 nitrogen and oxygen atoms in total. The first-order chi connectivity index (χ1) is 10.9. The number of hydrogen-bond donors (Lipinski definition) is 0. The van der Waals surface area contributed by atoms with E-state index in [1.807, 2.05) is 0 Å². The van der Waals surface area contributed by atoms with Crippen LogP contribution in [0.1, 0.15) is 5.56 Å². The molecule has 0 saturated heterocycles. The Morgan fingerprint density at radius 3 is 2.65 bits per heavy atom. The van der Waals surface area contributed by atoms with E-state index in [1.165, 1.54) is 12.1 Å². The second-order valence-corrected chi connectivity index (χ2v) is 4.71. The number of alkyl halides is 3. The van der Waals surface area contributed by atoms with Crippen molar-refractivity contribution >= 4 is 10.9 Å². The number of nitrogens with zero attached hydrogens (tertiary/aromatic N) is 3. The molecule has 8 heteroatoms. The molecule has 0 radical (unpaired) electrons. The van der Waals surface area contributed by atoms with Crippen LogP contribution in [0, 0.1) is 0 Å². The summed E-state index contributed by atoms with van der Waals surface area (Å²) in [6, 6.07) is 11.0. The van der Waals surface area contributed by atoms with Crippen LogP contribution in [0.4, 0.5) is 13.2 Å². The Bertz CT molecular complexity index is 906. The molecule has 23 heavy (non-hydrogen) atoms. The molecule has 1 aromatic heterocycles. The largest absolute Gasteiger partial charge is 0.471 e. The number of rotatable bonds is 3. The molecular formula is C15H10F3N3O2. The zero-order valence-electron chi connectivity index (χ0n) is 11.6. The highest BCUT2D eigenvalue weighted by atomic mass is 19.4. The Morgan fingerprint density at radius 1 is 1.09 bits per heavy atom. The van der Waals surface area contributed by atoms with Gasteiger partial charge in [0.15, 0.2) is 6.73 Å². The van der Waals surface area contributed by atoms with Gasteiger partial charge < -0.3 is 4.74 Å². The van der Waals surface area contributed by atoms with Gasteiger partial charge in [0, 0.05) is 0 Å². The Morgan fingerprint density at radius 2 is 1.87 bits per heavy atom. The minimum absolute atomic E-state index is 0.0123. The summed E-state index contributed by atoms with van der Waals surface area (Å²) in [5, 5.41) is 7.92. The van der Waals surface area contributed by atoms with Crippen LogP contribution in [0.15, 0.2) is 53.3 Å². The van der Waals surface area contributed by atoms with Crippen LogP contribution in [-0.4, -0.2) is 15.0 Å². The van der Waals surface area contributed by atoms with Crippen molar-refractivity contribution in [2.45, 2.75) is 12.9 Å². The molecule has 0 fully saturated rings. The molecule has 0 N–H and O–H groups in total. The highest BCUT2D eigenvalue weighted by Gasteiger charge is 2.30. The Kier molecular flexibility index (Phi) is 3.73. The van der Waals surface area contributed by atoms with Crippen LogP contribution in [-0.2, 0) is 12.9 Å². The monoisotopic (exact) mass is 321 g/mol. The lowest BCUT2D eigenvalue weighted by Gasteiger charge is -2.10. The number of benzene rings is 2. The highest BCUT2D eigenvalue weighted by Crippen LogP contribution is 2.31. The van der Waals surface area contributed by atoms with Crippen molar-refractivity contribution in [2.75, 3.05) is 0 Å². The topological polar surface area (TPSA) is 57.0 Å². The maximum atomic E-state index is 12.6. The molecule has 3 aromatic rings. The van der Waals surface area contributed by atoms with Gasteiger partial charge in [0.05, 0.1) is 10.9 Å². The highest BCUT2D eigenvalue weighted by molar-refractivity contribution is 5.76. The molecule has 0 aliphatic heterocycles. The van der Waals surface area contributed by atoms with E-state index in [9.17, 15) is 18.0 Å². The van der Waals surface area contributed by atoms with Gasteiger partial charge in [0.2, 0.25) is 0 Å². The summed E-state index contributed by atoms with van der Waals surface area (Å²) in [6.07, 6.45) is -4.46. The quantitative estimate of drug-likeness (QED) is 0.744. The average molecular weight is 321 g/mol. The van der Waals surface area contributed by atoms with Crippen LogP contribution in [0.2, 0.25) is 0 Å². The van der Waals surface area contributed by atoms with E-state index in [0.717, 1.165) is 16.8 Å². The maximum Gasteiger partial charge on any atom is 0.416 e. The van der Waals surface area contributed by atoms with Gasteiger partial charge in [0.25, 0.3) is 5.56 Å². The van der Waals surface area contributed by atoms with Crippen molar-refractivity contribution in [3.05, 3.63) is 64.4 Å². The third-order valence-electron chi connectivity index (χ3n) is 3.14. The Balaban J connectivity index is 1.84. The summed E-state index contributed by atoms with van der Waals surface area (Å²) < 4.78 is 44.1. The SMILES string of the molecule is O=c1c2ccccc2nnn1COc1cccc(C(F)(F)F)c1. The fraction of sp³-hybridized carbons (Fsp3) is 0.133. The van der Waals surface area contributed by atoms with E-state index in [4.69, 9.17) is 4.74 Å². The number of fused-ring (bicyclic) bond motifs is 1. The third kappa shape index (κ3) is 3.15. The van der Waals surface area contributed by atoms with E-state index < -0.39 is 17.3 Å². The fourth-order valence-electron chi connectivity index (χ4n) is 2.01. The van der Waals surface area contributed by atoms with Crippen LogP contribution in [0.3, 0.4) is 0 Å². The summed E-state index contributed by atoms with van der Waals surface area (Å²) in [5.74, 6) is -0.0123.